The van der Waals surface area contributed by atoms with Gasteiger partial charge in [0.25, 0.3) is 0 Å². The van der Waals surface area contributed by atoms with E-state index >= 15 is 0 Å². The van der Waals surface area contributed by atoms with Gasteiger partial charge in [-0.15, -0.1) is 22.7 Å². The second-order valence-electron chi connectivity index (χ2n) is 15.9. The standard InChI is InChI=1S/C58H34S2/c1-2-15-35(16-3-1)54-45-22-8-10-24-47(45)57(48-25-11-9-23-46(48)54)50-27-14-26-49-40-32-30-37(34-53(40)60-58(49)50)56-43-20-6-4-18-41(43)55(42-19-5-7-21-44(42)56)36-29-31-39-38-17-12-13-28-51(38)59-52(39)33-36/h1-34H. The molecule has 0 spiro atoms. The molecule has 2 aromatic heterocycles. The number of thiophene rings is 2. The van der Waals surface area contributed by atoms with Crippen LogP contribution in [-0.2, 0) is 0 Å². The molecule has 0 aliphatic heterocycles. The maximum Gasteiger partial charge on any atom is 0.0434 e. The lowest BCUT2D eigenvalue weighted by Gasteiger charge is -2.18. The van der Waals surface area contributed by atoms with Crippen LogP contribution >= 0.6 is 22.7 Å². The highest BCUT2D eigenvalue weighted by Crippen LogP contribution is 2.50. The Bertz CT molecular complexity index is 3770. The van der Waals surface area contributed by atoms with Crippen molar-refractivity contribution in [2.24, 2.45) is 0 Å². The van der Waals surface area contributed by atoms with Gasteiger partial charge in [-0.05, 0) is 100 Å². The summed E-state index contributed by atoms with van der Waals surface area (Å²) in [5.74, 6) is 0. The maximum atomic E-state index is 2.45. The molecule has 0 fully saturated rings. The van der Waals surface area contributed by atoms with Gasteiger partial charge in [0.05, 0.1) is 0 Å². The molecule has 11 aromatic carbocycles. The van der Waals surface area contributed by atoms with Crippen molar-refractivity contribution in [3.8, 4) is 44.5 Å². The van der Waals surface area contributed by atoms with E-state index < -0.39 is 0 Å². The van der Waals surface area contributed by atoms with E-state index in [0.29, 0.717) is 0 Å². The van der Waals surface area contributed by atoms with Crippen LogP contribution in [0.3, 0.4) is 0 Å². The normalized spacial score (nSPS) is 12.0. The molecule has 278 valence electrons. The van der Waals surface area contributed by atoms with Crippen molar-refractivity contribution >= 4 is 106 Å². The predicted molar refractivity (Wildman–Crippen MR) is 264 cm³/mol. The quantitative estimate of drug-likeness (QED) is 0.156. The highest BCUT2D eigenvalue weighted by atomic mass is 32.1. The van der Waals surface area contributed by atoms with E-state index in [9.17, 15) is 0 Å². The Labute approximate surface area is 354 Å². The van der Waals surface area contributed by atoms with Crippen LogP contribution in [0.1, 0.15) is 0 Å². The van der Waals surface area contributed by atoms with Gasteiger partial charge in [0.15, 0.2) is 0 Å². The van der Waals surface area contributed by atoms with Gasteiger partial charge >= 0.3 is 0 Å². The van der Waals surface area contributed by atoms with E-state index in [4.69, 9.17) is 0 Å². The lowest BCUT2D eigenvalue weighted by Crippen LogP contribution is -1.90. The number of hydrogen-bond donors (Lipinski definition) is 0. The van der Waals surface area contributed by atoms with E-state index in [0.717, 1.165) is 0 Å². The summed E-state index contributed by atoms with van der Waals surface area (Å²) in [5.41, 5.74) is 10.2. The Balaban J connectivity index is 1.03. The first-order valence-corrected chi connectivity index (χ1v) is 22.2. The molecule has 0 unspecified atom stereocenters. The van der Waals surface area contributed by atoms with Gasteiger partial charge in [0.1, 0.15) is 0 Å². The van der Waals surface area contributed by atoms with Gasteiger partial charge in [-0.25, -0.2) is 0 Å². The molecule has 2 heteroatoms. The van der Waals surface area contributed by atoms with Crippen molar-refractivity contribution in [2.75, 3.05) is 0 Å². The average molecular weight is 795 g/mol. The number of benzene rings is 11. The van der Waals surface area contributed by atoms with Gasteiger partial charge in [0, 0.05) is 45.9 Å². The minimum Gasteiger partial charge on any atom is -0.135 e. The minimum atomic E-state index is 1.24. The van der Waals surface area contributed by atoms with Gasteiger partial charge in [0.2, 0.25) is 0 Å². The fraction of sp³-hybridized carbons (Fsp3) is 0. The van der Waals surface area contributed by atoms with Gasteiger partial charge in [-0.1, -0.05) is 188 Å². The second kappa shape index (κ2) is 13.2. The lowest BCUT2D eigenvalue weighted by molar-refractivity contribution is 1.67. The molecule has 0 amide bonds. The van der Waals surface area contributed by atoms with Gasteiger partial charge < -0.3 is 0 Å². The summed E-state index contributed by atoms with van der Waals surface area (Å²) >= 11 is 3.81. The third-order valence-electron chi connectivity index (χ3n) is 12.6. The monoisotopic (exact) mass is 794 g/mol. The van der Waals surface area contributed by atoms with E-state index in [1.807, 2.05) is 22.7 Å². The molecular weight excluding hydrogens is 761 g/mol. The molecule has 0 N–H and O–H groups in total. The molecule has 60 heavy (non-hydrogen) atoms. The largest absolute Gasteiger partial charge is 0.135 e. The first-order chi connectivity index (χ1) is 29.8. The van der Waals surface area contributed by atoms with E-state index in [1.165, 1.54) is 128 Å². The Morgan fingerprint density at radius 1 is 0.217 bits per heavy atom. The Hall–Kier alpha value is -7.10. The summed E-state index contributed by atoms with van der Waals surface area (Å²) in [6.07, 6.45) is 0. The van der Waals surface area contributed by atoms with Crippen molar-refractivity contribution < 1.29 is 0 Å². The lowest BCUT2D eigenvalue weighted by atomic mass is 9.85. The Morgan fingerprint density at radius 2 is 0.600 bits per heavy atom. The summed E-state index contributed by atoms with van der Waals surface area (Å²) in [5, 5.41) is 15.5. The van der Waals surface area contributed by atoms with Crippen molar-refractivity contribution in [3.05, 3.63) is 206 Å². The molecule has 0 bridgehead atoms. The predicted octanol–water partition coefficient (Wildman–Crippen LogP) is 17.7. The van der Waals surface area contributed by atoms with Crippen LogP contribution in [0.15, 0.2) is 206 Å². The van der Waals surface area contributed by atoms with Crippen molar-refractivity contribution in [1.29, 1.82) is 0 Å². The molecule has 0 radical (unpaired) electrons. The van der Waals surface area contributed by atoms with Gasteiger partial charge in [-0.2, -0.15) is 0 Å². The third kappa shape index (κ3) is 4.96. The van der Waals surface area contributed by atoms with Crippen LogP contribution in [0.4, 0.5) is 0 Å². The fourth-order valence-electron chi connectivity index (χ4n) is 10.1. The van der Waals surface area contributed by atoms with Crippen LogP contribution in [0.25, 0.3) is 128 Å². The fourth-order valence-corrected chi connectivity index (χ4v) is 12.5. The Morgan fingerprint density at radius 3 is 1.13 bits per heavy atom. The molecule has 0 aliphatic carbocycles. The zero-order chi connectivity index (χ0) is 39.3. The molecule has 0 aliphatic rings. The molecule has 0 saturated heterocycles. The second-order valence-corrected chi connectivity index (χ2v) is 18.0. The van der Waals surface area contributed by atoms with Crippen molar-refractivity contribution in [3.63, 3.8) is 0 Å². The van der Waals surface area contributed by atoms with Crippen molar-refractivity contribution in [2.45, 2.75) is 0 Å². The molecule has 2 heterocycles. The van der Waals surface area contributed by atoms with Crippen LogP contribution in [0.5, 0.6) is 0 Å². The summed E-state index contributed by atoms with van der Waals surface area (Å²) in [7, 11) is 0. The SMILES string of the molecule is c1ccc(-c2c3ccccc3c(-c3cccc4c3sc3cc(-c5c6ccccc6c(-c6ccc7c(c6)sc6ccccc67)c6ccccc56)ccc34)c3ccccc23)cc1. The summed E-state index contributed by atoms with van der Waals surface area (Å²) in [6.45, 7) is 0. The molecule has 0 nitrogen and oxygen atoms in total. The first-order valence-electron chi connectivity index (χ1n) is 20.6. The minimum absolute atomic E-state index is 1.24. The zero-order valence-corrected chi connectivity index (χ0v) is 34.1. The van der Waals surface area contributed by atoms with E-state index in [2.05, 4.69) is 206 Å². The van der Waals surface area contributed by atoms with Crippen LogP contribution in [0, 0.1) is 0 Å². The van der Waals surface area contributed by atoms with E-state index in [-0.39, 0.29) is 0 Å². The topological polar surface area (TPSA) is 0 Å². The number of rotatable bonds is 4. The molecule has 0 atom stereocenters. The molecule has 13 aromatic rings. The summed E-state index contributed by atoms with van der Waals surface area (Å²) in [4.78, 5) is 0. The summed E-state index contributed by atoms with van der Waals surface area (Å²) < 4.78 is 5.29. The maximum absolute atomic E-state index is 2.45. The van der Waals surface area contributed by atoms with Crippen LogP contribution in [-0.4, -0.2) is 0 Å². The third-order valence-corrected chi connectivity index (χ3v) is 15.0. The van der Waals surface area contributed by atoms with Crippen LogP contribution in [0.2, 0.25) is 0 Å². The number of fused-ring (bicyclic) bond motifs is 10. The Kier molecular flexibility index (Phi) is 7.45. The van der Waals surface area contributed by atoms with Gasteiger partial charge in [-0.3, -0.25) is 0 Å². The van der Waals surface area contributed by atoms with E-state index in [1.54, 1.807) is 0 Å². The average Bonchev–Trinajstić information content (AvgIpc) is 3.88. The molecular formula is C58H34S2. The number of hydrogen-bond acceptors (Lipinski definition) is 2. The first kappa shape index (κ1) is 33.8. The zero-order valence-electron chi connectivity index (χ0n) is 32.4. The van der Waals surface area contributed by atoms with Crippen molar-refractivity contribution in [1.82, 2.24) is 0 Å². The molecule has 0 saturated carbocycles. The summed E-state index contributed by atoms with van der Waals surface area (Å²) in [6, 6.07) is 76.8. The highest BCUT2D eigenvalue weighted by Gasteiger charge is 2.21. The smallest absolute Gasteiger partial charge is 0.0434 e. The van der Waals surface area contributed by atoms with Crippen LogP contribution < -0.4 is 0 Å². The highest BCUT2D eigenvalue weighted by molar-refractivity contribution is 7.26. The molecule has 13 rings (SSSR count).